The van der Waals surface area contributed by atoms with E-state index in [9.17, 15) is 9.90 Å². The number of piperidine rings is 1. The third kappa shape index (κ3) is 2.40. The second-order valence-corrected chi connectivity index (χ2v) is 5.78. The maximum Gasteiger partial charge on any atom is 0.310 e. The van der Waals surface area contributed by atoms with E-state index in [1.807, 2.05) is 0 Å². The van der Waals surface area contributed by atoms with Crippen LogP contribution in [0.5, 0.6) is 0 Å². The van der Waals surface area contributed by atoms with Gasteiger partial charge in [-0.1, -0.05) is 19.8 Å². The molecule has 3 heteroatoms. The SMILES string of the molecule is CC1CCCN(CC2(C(=O)O)CCCC2)C1. The van der Waals surface area contributed by atoms with Gasteiger partial charge in [-0.25, -0.2) is 0 Å². The molecule has 0 amide bonds. The first kappa shape index (κ1) is 11.9. The molecule has 0 bridgehead atoms. The van der Waals surface area contributed by atoms with Gasteiger partial charge >= 0.3 is 5.97 Å². The maximum absolute atomic E-state index is 11.5. The normalized spacial score (nSPS) is 30.4. The molecule has 92 valence electrons. The van der Waals surface area contributed by atoms with Gasteiger partial charge < -0.3 is 10.0 Å². The van der Waals surface area contributed by atoms with E-state index in [1.165, 1.54) is 12.8 Å². The lowest BCUT2D eigenvalue weighted by Gasteiger charge is -2.36. The van der Waals surface area contributed by atoms with Crippen molar-refractivity contribution < 1.29 is 9.90 Å². The van der Waals surface area contributed by atoms with Gasteiger partial charge in [0.1, 0.15) is 0 Å². The zero-order valence-corrected chi connectivity index (χ0v) is 10.2. The van der Waals surface area contributed by atoms with Gasteiger partial charge in [0.15, 0.2) is 0 Å². The van der Waals surface area contributed by atoms with Gasteiger partial charge in [0.2, 0.25) is 0 Å². The van der Waals surface area contributed by atoms with Crippen molar-refractivity contribution in [3.63, 3.8) is 0 Å². The molecule has 2 rings (SSSR count). The van der Waals surface area contributed by atoms with Crippen molar-refractivity contribution in [3.05, 3.63) is 0 Å². The molecule has 1 heterocycles. The monoisotopic (exact) mass is 225 g/mol. The summed E-state index contributed by atoms with van der Waals surface area (Å²) >= 11 is 0. The molecule has 1 atom stereocenters. The molecule has 1 unspecified atom stereocenters. The second-order valence-electron chi connectivity index (χ2n) is 5.78. The Bertz CT molecular complexity index is 259. The van der Waals surface area contributed by atoms with Crippen molar-refractivity contribution in [2.24, 2.45) is 11.3 Å². The average Bonchev–Trinajstić information content (AvgIpc) is 2.67. The largest absolute Gasteiger partial charge is 0.481 e. The Morgan fingerprint density at radius 1 is 1.38 bits per heavy atom. The Morgan fingerprint density at radius 3 is 2.62 bits per heavy atom. The highest BCUT2D eigenvalue weighted by Crippen LogP contribution is 2.39. The molecule has 0 aromatic carbocycles. The van der Waals surface area contributed by atoms with E-state index in [-0.39, 0.29) is 0 Å². The maximum atomic E-state index is 11.5. The summed E-state index contributed by atoms with van der Waals surface area (Å²) < 4.78 is 0. The fraction of sp³-hybridized carbons (Fsp3) is 0.923. The van der Waals surface area contributed by atoms with Crippen LogP contribution in [0.2, 0.25) is 0 Å². The minimum atomic E-state index is -0.566. The lowest BCUT2D eigenvalue weighted by atomic mass is 9.84. The Morgan fingerprint density at radius 2 is 2.06 bits per heavy atom. The highest BCUT2D eigenvalue weighted by molar-refractivity contribution is 5.75. The first-order valence-electron chi connectivity index (χ1n) is 6.58. The predicted molar refractivity (Wildman–Crippen MR) is 63.4 cm³/mol. The Labute approximate surface area is 97.8 Å². The Kier molecular flexibility index (Phi) is 3.53. The van der Waals surface area contributed by atoms with Crippen molar-refractivity contribution in [1.82, 2.24) is 4.90 Å². The number of carbonyl (C=O) groups is 1. The van der Waals surface area contributed by atoms with Gasteiger partial charge in [-0.15, -0.1) is 0 Å². The summed E-state index contributed by atoms with van der Waals surface area (Å²) in [6.45, 7) is 5.25. The topological polar surface area (TPSA) is 40.5 Å². The van der Waals surface area contributed by atoms with Crippen molar-refractivity contribution >= 4 is 5.97 Å². The van der Waals surface area contributed by atoms with Crippen LogP contribution in [-0.4, -0.2) is 35.6 Å². The van der Waals surface area contributed by atoms with Crippen LogP contribution < -0.4 is 0 Å². The van der Waals surface area contributed by atoms with E-state index in [0.717, 1.165) is 51.2 Å². The number of carboxylic acids is 1. The number of aliphatic carboxylic acids is 1. The molecule has 1 N–H and O–H groups in total. The number of nitrogens with zero attached hydrogens (tertiary/aromatic N) is 1. The van der Waals surface area contributed by atoms with E-state index in [0.29, 0.717) is 0 Å². The van der Waals surface area contributed by atoms with E-state index >= 15 is 0 Å². The fourth-order valence-electron chi connectivity index (χ4n) is 3.35. The third-order valence-electron chi connectivity index (χ3n) is 4.28. The van der Waals surface area contributed by atoms with Gasteiger partial charge in [0.05, 0.1) is 5.41 Å². The van der Waals surface area contributed by atoms with Gasteiger partial charge in [0, 0.05) is 13.1 Å². The Hall–Kier alpha value is -0.570. The van der Waals surface area contributed by atoms with Crippen LogP contribution in [0.4, 0.5) is 0 Å². The predicted octanol–water partition coefficient (Wildman–Crippen LogP) is 2.36. The van der Waals surface area contributed by atoms with Gasteiger partial charge in [-0.05, 0) is 38.1 Å². The number of likely N-dealkylation sites (tertiary alicyclic amines) is 1. The Balaban J connectivity index is 1.97. The molecule has 1 saturated carbocycles. The van der Waals surface area contributed by atoms with Gasteiger partial charge in [-0.2, -0.15) is 0 Å². The summed E-state index contributed by atoms with van der Waals surface area (Å²) in [5, 5.41) is 9.43. The fourth-order valence-corrected chi connectivity index (χ4v) is 3.35. The summed E-state index contributed by atoms with van der Waals surface area (Å²) in [5.41, 5.74) is -0.420. The molecule has 0 aromatic heterocycles. The second kappa shape index (κ2) is 4.74. The van der Waals surface area contributed by atoms with E-state index in [1.54, 1.807) is 0 Å². The molecule has 0 radical (unpaired) electrons. The third-order valence-corrected chi connectivity index (χ3v) is 4.28. The summed E-state index contributed by atoms with van der Waals surface area (Å²) in [5.74, 6) is 0.171. The molecule has 1 saturated heterocycles. The number of hydrogen-bond acceptors (Lipinski definition) is 2. The summed E-state index contributed by atoms with van der Waals surface area (Å²) in [6.07, 6.45) is 6.49. The number of hydrogen-bond donors (Lipinski definition) is 1. The van der Waals surface area contributed by atoms with E-state index in [2.05, 4.69) is 11.8 Å². The molecular formula is C13H23NO2. The van der Waals surface area contributed by atoms with Crippen molar-refractivity contribution in [1.29, 1.82) is 0 Å². The van der Waals surface area contributed by atoms with Crippen LogP contribution in [0.15, 0.2) is 0 Å². The number of carboxylic acid groups (broad SMARTS) is 1. The van der Waals surface area contributed by atoms with E-state index < -0.39 is 11.4 Å². The van der Waals surface area contributed by atoms with Crippen molar-refractivity contribution in [2.45, 2.75) is 45.4 Å². The quantitative estimate of drug-likeness (QED) is 0.801. The summed E-state index contributed by atoms with van der Waals surface area (Å²) in [6, 6.07) is 0. The molecule has 0 spiro atoms. The smallest absolute Gasteiger partial charge is 0.310 e. The van der Waals surface area contributed by atoms with Crippen molar-refractivity contribution in [3.8, 4) is 0 Å². The molecular weight excluding hydrogens is 202 g/mol. The molecule has 0 aromatic rings. The average molecular weight is 225 g/mol. The molecule has 1 aliphatic carbocycles. The van der Waals surface area contributed by atoms with Crippen LogP contribution in [-0.2, 0) is 4.79 Å². The summed E-state index contributed by atoms with van der Waals surface area (Å²) in [4.78, 5) is 13.8. The van der Waals surface area contributed by atoms with Crippen LogP contribution in [0, 0.1) is 11.3 Å². The lowest BCUT2D eigenvalue weighted by molar-refractivity contribution is -0.150. The molecule has 3 nitrogen and oxygen atoms in total. The van der Waals surface area contributed by atoms with E-state index in [4.69, 9.17) is 0 Å². The van der Waals surface area contributed by atoms with Crippen LogP contribution in [0.1, 0.15) is 45.4 Å². The molecule has 16 heavy (non-hydrogen) atoms. The first-order valence-corrected chi connectivity index (χ1v) is 6.58. The van der Waals surface area contributed by atoms with Gasteiger partial charge in [0.25, 0.3) is 0 Å². The minimum Gasteiger partial charge on any atom is -0.481 e. The lowest BCUT2D eigenvalue weighted by Crippen LogP contribution is -2.45. The molecule has 1 aliphatic heterocycles. The standard InChI is InChI=1S/C13H23NO2/c1-11-5-4-8-14(9-11)10-13(12(15)16)6-2-3-7-13/h11H,2-10H2,1H3,(H,15,16). The van der Waals surface area contributed by atoms with Crippen LogP contribution >= 0.6 is 0 Å². The van der Waals surface area contributed by atoms with Gasteiger partial charge in [-0.3, -0.25) is 4.79 Å². The zero-order valence-electron chi connectivity index (χ0n) is 10.2. The molecule has 2 aliphatic rings. The molecule has 2 fully saturated rings. The summed E-state index contributed by atoms with van der Waals surface area (Å²) in [7, 11) is 0. The number of rotatable bonds is 3. The first-order chi connectivity index (χ1) is 7.62. The minimum absolute atomic E-state index is 0.420. The van der Waals surface area contributed by atoms with Crippen LogP contribution in [0.25, 0.3) is 0 Å². The highest BCUT2D eigenvalue weighted by atomic mass is 16.4. The van der Waals surface area contributed by atoms with Crippen molar-refractivity contribution in [2.75, 3.05) is 19.6 Å². The van der Waals surface area contributed by atoms with Crippen LogP contribution in [0.3, 0.4) is 0 Å². The highest BCUT2D eigenvalue weighted by Gasteiger charge is 2.42. The zero-order chi connectivity index (χ0) is 11.6.